The van der Waals surface area contributed by atoms with Crippen LogP contribution in [0.5, 0.6) is 0 Å². The molecule has 0 aromatic heterocycles. The van der Waals surface area contributed by atoms with E-state index in [0.717, 1.165) is 11.3 Å². The van der Waals surface area contributed by atoms with Crippen LogP contribution in [0.3, 0.4) is 0 Å². The summed E-state index contributed by atoms with van der Waals surface area (Å²) in [5, 5.41) is 9.59. The zero-order chi connectivity index (χ0) is 10.4. The summed E-state index contributed by atoms with van der Waals surface area (Å²) in [4.78, 5) is 1.18. The van der Waals surface area contributed by atoms with Gasteiger partial charge in [0.15, 0.2) is 0 Å². The molecule has 78 valence electrons. The van der Waals surface area contributed by atoms with E-state index in [0.29, 0.717) is 5.02 Å². The van der Waals surface area contributed by atoms with Crippen molar-refractivity contribution in [1.82, 2.24) is 0 Å². The fourth-order valence-corrected chi connectivity index (χ4v) is 2.42. The fraction of sp³-hybridized carbons (Fsp3) is 0.455. The van der Waals surface area contributed by atoms with Crippen molar-refractivity contribution in [2.45, 2.75) is 31.3 Å². The van der Waals surface area contributed by atoms with Crippen LogP contribution in [-0.4, -0.2) is 10.9 Å². The van der Waals surface area contributed by atoms with Crippen LogP contribution in [0.15, 0.2) is 23.1 Å². The first kappa shape index (κ1) is 11.9. The predicted octanol–water partition coefficient (Wildman–Crippen LogP) is 3.72. The number of unbranched alkanes of at least 4 members (excludes halogenated alkanes) is 1. The minimum Gasteiger partial charge on any atom is -0.392 e. The Hall–Kier alpha value is -0.180. The Kier molecular flexibility index (Phi) is 5.38. The third-order valence-corrected chi connectivity index (χ3v) is 3.39. The number of aliphatic hydroxyl groups excluding tert-OH is 1. The average Bonchev–Trinajstić information content (AvgIpc) is 2.18. The van der Waals surface area contributed by atoms with Gasteiger partial charge in [-0.3, -0.25) is 0 Å². The zero-order valence-electron chi connectivity index (χ0n) is 8.29. The molecule has 0 heterocycles. The largest absolute Gasteiger partial charge is 0.392 e. The maximum absolute atomic E-state index is 8.93. The van der Waals surface area contributed by atoms with Crippen molar-refractivity contribution in [2.75, 3.05) is 5.75 Å². The SMILES string of the molecule is CCCCSc1ccc(CO)c(Cl)c1. The molecule has 1 rings (SSSR count). The normalized spacial score (nSPS) is 10.5. The lowest BCUT2D eigenvalue weighted by atomic mass is 10.2. The predicted molar refractivity (Wildman–Crippen MR) is 63.0 cm³/mol. The molecule has 1 aromatic rings. The topological polar surface area (TPSA) is 20.2 Å². The van der Waals surface area contributed by atoms with Crippen LogP contribution in [0.2, 0.25) is 5.02 Å². The summed E-state index contributed by atoms with van der Waals surface area (Å²) in [5.41, 5.74) is 0.798. The molecule has 1 aromatic carbocycles. The molecule has 0 atom stereocenters. The van der Waals surface area contributed by atoms with Crippen molar-refractivity contribution in [3.8, 4) is 0 Å². The van der Waals surface area contributed by atoms with E-state index < -0.39 is 0 Å². The number of aliphatic hydroxyl groups is 1. The molecule has 0 amide bonds. The zero-order valence-corrected chi connectivity index (χ0v) is 9.87. The maximum Gasteiger partial charge on any atom is 0.0696 e. The van der Waals surface area contributed by atoms with Crippen LogP contribution in [0, 0.1) is 0 Å². The minimum absolute atomic E-state index is 0.0126. The second kappa shape index (κ2) is 6.33. The summed E-state index contributed by atoms with van der Waals surface area (Å²) in [6, 6.07) is 5.82. The summed E-state index contributed by atoms with van der Waals surface area (Å²) in [6.07, 6.45) is 2.44. The number of benzene rings is 1. The van der Waals surface area contributed by atoms with Crippen molar-refractivity contribution in [2.24, 2.45) is 0 Å². The van der Waals surface area contributed by atoms with Crippen LogP contribution in [0.4, 0.5) is 0 Å². The summed E-state index contributed by atoms with van der Waals surface area (Å²) in [5.74, 6) is 1.13. The Balaban J connectivity index is 2.57. The van der Waals surface area contributed by atoms with Crippen LogP contribution in [-0.2, 0) is 6.61 Å². The van der Waals surface area contributed by atoms with Gasteiger partial charge in [-0.1, -0.05) is 31.0 Å². The molecule has 0 aliphatic carbocycles. The Morgan fingerprint density at radius 3 is 2.79 bits per heavy atom. The molecule has 0 bridgehead atoms. The van der Waals surface area contributed by atoms with Crippen molar-refractivity contribution in [3.63, 3.8) is 0 Å². The number of hydrogen-bond acceptors (Lipinski definition) is 2. The van der Waals surface area contributed by atoms with E-state index in [-0.39, 0.29) is 6.61 Å². The van der Waals surface area contributed by atoms with Crippen molar-refractivity contribution < 1.29 is 5.11 Å². The van der Waals surface area contributed by atoms with Gasteiger partial charge in [0.05, 0.1) is 6.61 Å². The van der Waals surface area contributed by atoms with Crippen molar-refractivity contribution in [3.05, 3.63) is 28.8 Å². The highest BCUT2D eigenvalue weighted by atomic mass is 35.5. The monoisotopic (exact) mass is 230 g/mol. The maximum atomic E-state index is 8.93. The van der Waals surface area contributed by atoms with Gasteiger partial charge < -0.3 is 5.11 Å². The first-order chi connectivity index (χ1) is 6.77. The molecule has 14 heavy (non-hydrogen) atoms. The van der Waals surface area contributed by atoms with E-state index in [9.17, 15) is 0 Å². The van der Waals surface area contributed by atoms with Crippen LogP contribution in [0.25, 0.3) is 0 Å². The van der Waals surface area contributed by atoms with E-state index in [4.69, 9.17) is 16.7 Å². The Morgan fingerprint density at radius 2 is 2.21 bits per heavy atom. The number of thioether (sulfide) groups is 1. The second-order valence-electron chi connectivity index (χ2n) is 3.11. The van der Waals surface area contributed by atoms with E-state index in [2.05, 4.69) is 6.92 Å². The molecule has 0 radical (unpaired) electrons. The van der Waals surface area contributed by atoms with Gasteiger partial charge in [-0.2, -0.15) is 0 Å². The van der Waals surface area contributed by atoms with E-state index in [1.165, 1.54) is 17.7 Å². The molecular weight excluding hydrogens is 216 g/mol. The lowest BCUT2D eigenvalue weighted by Gasteiger charge is -2.04. The molecule has 3 heteroatoms. The Bertz CT molecular complexity index is 289. The van der Waals surface area contributed by atoms with Gasteiger partial charge in [-0.25, -0.2) is 0 Å². The molecular formula is C11H15ClOS. The highest BCUT2D eigenvalue weighted by Crippen LogP contribution is 2.25. The number of rotatable bonds is 5. The average molecular weight is 231 g/mol. The quantitative estimate of drug-likeness (QED) is 0.615. The van der Waals surface area contributed by atoms with E-state index in [1.54, 1.807) is 0 Å². The summed E-state index contributed by atoms with van der Waals surface area (Å²) < 4.78 is 0. The van der Waals surface area contributed by atoms with Gasteiger partial charge in [0.1, 0.15) is 0 Å². The molecule has 0 aliphatic rings. The van der Waals surface area contributed by atoms with E-state index >= 15 is 0 Å². The third-order valence-electron chi connectivity index (χ3n) is 1.96. The molecule has 0 saturated carbocycles. The second-order valence-corrected chi connectivity index (χ2v) is 4.69. The molecule has 1 N–H and O–H groups in total. The first-order valence-electron chi connectivity index (χ1n) is 4.80. The van der Waals surface area contributed by atoms with E-state index in [1.807, 2.05) is 30.0 Å². The van der Waals surface area contributed by atoms with Gasteiger partial charge in [-0.15, -0.1) is 11.8 Å². The van der Waals surface area contributed by atoms with Gasteiger partial charge >= 0.3 is 0 Å². The number of hydrogen-bond donors (Lipinski definition) is 1. The Morgan fingerprint density at radius 1 is 1.43 bits per heavy atom. The molecule has 0 saturated heterocycles. The molecule has 0 unspecified atom stereocenters. The van der Waals surface area contributed by atoms with Gasteiger partial charge in [0, 0.05) is 9.92 Å². The minimum atomic E-state index is 0.0126. The molecule has 0 fully saturated rings. The third kappa shape index (κ3) is 3.52. The fourth-order valence-electron chi connectivity index (χ4n) is 1.08. The van der Waals surface area contributed by atoms with Crippen LogP contribution >= 0.6 is 23.4 Å². The van der Waals surface area contributed by atoms with Crippen molar-refractivity contribution >= 4 is 23.4 Å². The lowest BCUT2D eigenvalue weighted by molar-refractivity contribution is 0.282. The first-order valence-corrected chi connectivity index (χ1v) is 6.16. The highest BCUT2D eigenvalue weighted by molar-refractivity contribution is 7.99. The highest BCUT2D eigenvalue weighted by Gasteiger charge is 2.00. The van der Waals surface area contributed by atoms with Gasteiger partial charge in [0.2, 0.25) is 0 Å². The summed E-state index contributed by atoms with van der Waals surface area (Å²) in [6.45, 7) is 2.20. The standard InChI is InChI=1S/C11H15ClOS/c1-2-3-6-14-10-5-4-9(8-13)11(12)7-10/h4-5,7,13H,2-3,6,8H2,1H3. The van der Waals surface area contributed by atoms with Crippen molar-refractivity contribution in [1.29, 1.82) is 0 Å². The molecule has 1 nitrogen and oxygen atoms in total. The van der Waals surface area contributed by atoms with Crippen LogP contribution < -0.4 is 0 Å². The summed E-state index contributed by atoms with van der Waals surface area (Å²) in [7, 11) is 0. The van der Waals surface area contributed by atoms with Gasteiger partial charge in [-0.05, 0) is 29.9 Å². The van der Waals surface area contributed by atoms with Crippen LogP contribution in [0.1, 0.15) is 25.3 Å². The van der Waals surface area contributed by atoms with Gasteiger partial charge in [0.25, 0.3) is 0 Å². The molecule has 0 aliphatic heterocycles. The summed E-state index contributed by atoms with van der Waals surface area (Å²) >= 11 is 7.78. The Labute approximate surface area is 94.5 Å². The lowest BCUT2D eigenvalue weighted by Crippen LogP contribution is -1.85. The molecule has 0 spiro atoms. The smallest absolute Gasteiger partial charge is 0.0696 e. The number of halogens is 1.